The van der Waals surface area contributed by atoms with Gasteiger partial charge in [-0.1, -0.05) is 18.2 Å². The predicted octanol–water partition coefficient (Wildman–Crippen LogP) is 3.91. The summed E-state index contributed by atoms with van der Waals surface area (Å²) in [5.74, 6) is 0.365. The molecule has 1 heterocycles. The highest BCUT2D eigenvalue weighted by atomic mass is 16.5. The number of carbonyl (C=O) groups excluding carboxylic acids is 2. The lowest BCUT2D eigenvalue weighted by molar-refractivity contribution is -0.115. The van der Waals surface area contributed by atoms with E-state index in [0.717, 1.165) is 11.3 Å². The van der Waals surface area contributed by atoms with Crippen molar-refractivity contribution in [3.05, 3.63) is 84.2 Å². The van der Waals surface area contributed by atoms with Crippen molar-refractivity contribution >= 4 is 23.2 Å². The van der Waals surface area contributed by atoms with E-state index in [4.69, 9.17) is 4.74 Å². The molecule has 1 aromatic heterocycles. The Morgan fingerprint density at radius 1 is 0.929 bits per heavy atom. The molecule has 0 aliphatic carbocycles. The number of carbonyl (C=O) groups is 2. The van der Waals surface area contributed by atoms with Gasteiger partial charge in [0.2, 0.25) is 5.91 Å². The van der Waals surface area contributed by atoms with Crippen molar-refractivity contribution < 1.29 is 14.3 Å². The third kappa shape index (κ3) is 5.41. The van der Waals surface area contributed by atoms with Gasteiger partial charge >= 0.3 is 0 Å². The van der Waals surface area contributed by atoms with E-state index in [1.165, 1.54) is 0 Å². The summed E-state index contributed by atoms with van der Waals surface area (Å²) in [5.41, 5.74) is 2.56. The van der Waals surface area contributed by atoms with Gasteiger partial charge in [-0.25, -0.2) is 0 Å². The van der Waals surface area contributed by atoms with Crippen LogP contribution in [-0.4, -0.2) is 23.4 Å². The number of hydrogen-bond acceptors (Lipinski definition) is 4. The van der Waals surface area contributed by atoms with Crippen LogP contribution in [0.2, 0.25) is 0 Å². The molecule has 0 atom stereocenters. The Bertz CT molecular complexity index is 941. The van der Waals surface area contributed by atoms with Crippen LogP contribution in [0.15, 0.2) is 73.1 Å². The minimum atomic E-state index is -0.256. The first-order valence-electron chi connectivity index (χ1n) is 8.97. The zero-order valence-corrected chi connectivity index (χ0v) is 15.5. The molecule has 2 aromatic carbocycles. The van der Waals surface area contributed by atoms with E-state index >= 15 is 0 Å². The molecule has 0 radical (unpaired) electrons. The summed E-state index contributed by atoms with van der Waals surface area (Å²) in [6.07, 6.45) is 3.44. The molecular weight excluding hydrogens is 354 g/mol. The highest BCUT2D eigenvalue weighted by molar-refractivity contribution is 6.05. The SMILES string of the molecule is CCOc1ccc(CC(=O)Nc2cccc(C(=O)Nc3ccncc3)c2)cc1. The third-order valence-electron chi connectivity index (χ3n) is 3.95. The Morgan fingerprint density at radius 3 is 2.39 bits per heavy atom. The monoisotopic (exact) mass is 375 g/mol. The molecule has 28 heavy (non-hydrogen) atoms. The molecule has 0 aliphatic rings. The van der Waals surface area contributed by atoms with Gasteiger partial charge in [0.15, 0.2) is 0 Å². The number of ether oxygens (including phenoxy) is 1. The second kappa shape index (κ2) is 9.32. The molecule has 3 rings (SSSR count). The zero-order chi connectivity index (χ0) is 19.8. The number of anilines is 2. The van der Waals surface area contributed by atoms with Gasteiger partial charge in [0, 0.05) is 29.3 Å². The fourth-order valence-corrected chi connectivity index (χ4v) is 2.64. The van der Waals surface area contributed by atoms with E-state index in [9.17, 15) is 9.59 Å². The van der Waals surface area contributed by atoms with Gasteiger partial charge in [-0.2, -0.15) is 0 Å². The summed E-state index contributed by atoms with van der Waals surface area (Å²) in [5, 5.41) is 5.62. The zero-order valence-electron chi connectivity index (χ0n) is 15.5. The number of pyridine rings is 1. The average molecular weight is 375 g/mol. The number of rotatable bonds is 7. The number of aromatic nitrogens is 1. The lowest BCUT2D eigenvalue weighted by Gasteiger charge is -2.09. The first-order chi connectivity index (χ1) is 13.6. The van der Waals surface area contributed by atoms with Crippen LogP contribution in [0.25, 0.3) is 0 Å². The first-order valence-corrected chi connectivity index (χ1v) is 8.97. The van der Waals surface area contributed by atoms with Crippen LogP contribution in [0.1, 0.15) is 22.8 Å². The fourth-order valence-electron chi connectivity index (χ4n) is 2.64. The quantitative estimate of drug-likeness (QED) is 0.656. The van der Waals surface area contributed by atoms with Crippen molar-refractivity contribution in [2.45, 2.75) is 13.3 Å². The molecule has 0 unspecified atom stereocenters. The number of nitrogens with one attached hydrogen (secondary N) is 2. The maximum absolute atomic E-state index is 12.4. The van der Waals surface area contributed by atoms with Crippen molar-refractivity contribution in [2.24, 2.45) is 0 Å². The number of hydrogen-bond donors (Lipinski definition) is 2. The van der Waals surface area contributed by atoms with Gasteiger partial charge in [0.25, 0.3) is 5.91 Å². The molecule has 3 aromatic rings. The highest BCUT2D eigenvalue weighted by Gasteiger charge is 2.09. The van der Waals surface area contributed by atoms with Crippen molar-refractivity contribution in [3.63, 3.8) is 0 Å². The molecule has 0 saturated carbocycles. The summed E-state index contributed by atoms with van der Waals surface area (Å²) >= 11 is 0. The molecule has 2 N–H and O–H groups in total. The Kier molecular flexibility index (Phi) is 6.36. The summed E-state index contributed by atoms with van der Waals surface area (Å²) in [7, 11) is 0. The van der Waals surface area contributed by atoms with Crippen LogP contribution < -0.4 is 15.4 Å². The van der Waals surface area contributed by atoms with Gasteiger partial charge in [0.1, 0.15) is 5.75 Å². The largest absolute Gasteiger partial charge is 0.494 e. The van der Waals surface area contributed by atoms with E-state index in [1.807, 2.05) is 31.2 Å². The Morgan fingerprint density at radius 2 is 1.68 bits per heavy atom. The van der Waals surface area contributed by atoms with Gasteiger partial charge in [-0.3, -0.25) is 14.6 Å². The van der Waals surface area contributed by atoms with Crippen molar-refractivity contribution in [2.75, 3.05) is 17.2 Å². The van der Waals surface area contributed by atoms with E-state index in [-0.39, 0.29) is 18.2 Å². The van der Waals surface area contributed by atoms with Crippen LogP contribution in [0.5, 0.6) is 5.75 Å². The predicted molar refractivity (Wildman–Crippen MR) is 109 cm³/mol. The van der Waals surface area contributed by atoms with Crippen molar-refractivity contribution in [3.8, 4) is 5.75 Å². The minimum Gasteiger partial charge on any atom is -0.494 e. The van der Waals surface area contributed by atoms with Crippen molar-refractivity contribution in [1.29, 1.82) is 0 Å². The van der Waals surface area contributed by atoms with E-state index in [2.05, 4.69) is 15.6 Å². The van der Waals surface area contributed by atoms with Crippen molar-refractivity contribution in [1.82, 2.24) is 4.98 Å². The minimum absolute atomic E-state index is 0.157. The number of amides is 2. The fraction of sp³-hybridized carbons (Fsp3) is 0.136. The number of benzene rings is 2. The summed E-state index contributed by atoms with van der Waals surface area (Å²) < 4.78 is 5.40. The van der Waals surface area contributed by atoms with E-state index < -0.39 is 0 Å². The maximum atomic E-state index is 12.4. The van der Waals surface area contributed by atoms with E-state index in [1.54, 1.807) is 48.8 Å². The summed E-state index contributed by atoms with van der Waals surface area (Å²) in [4.78, 5) is 28.6. The topological polar surface area (TPSA) is 80.3 Å². The Hall–Kier alpha value is -3.67. The third-order valence-corrected chi connectivity index (χ3v) is 3.95. The molecule has 0 spiro atoms. The summed E-state index contributed by atoms with van der Waals surface area (Å²) in [6, 6.07) is 17.7. The van der Waals surface area contributed by atoms with Gasteiger partial charge < -0.3 is 15.4 Å². The van der Waals surface area contributed by atoms with E-state index in [0.29, 0.717) is 23.5 Å². The molecule has 6 heteroatoms. The van der Waals surface area contributed by atoms with Crippen LogP contribution in [-0.2, 0) is 11.2 Å². The molecule has 6 nitrogen and oxygen atoms in total. The van der Waals surface area contributed by atoms with Crippen LogP contribution in [0, 0.1) is 0 Å². The molecule has 142 valence electrons. The van der Waals surface area contributed by atoms with Crippen LogP contribution >= 0.6 is 0 Å². The van der Waals surface area contributed by atoms with Crippen LogP contribution in [0.3, 0.4) is 0 Å². The average Bonchev–Trinajstić information content (AvgIpc) is 2.70. The highest BCUT2D eigenvalue weighted by Crippen LogP contribution is 2.15. The maximum Gasteiger partial charge on any atom is 0.255 e. The lowest BCUT2D eigenvalue weighted by Crippen LogP contribution is -2.16. The molecular formula is C22H21N3O3. The number of nitrogens with zero attached hydrogens (tertiary/aromatic N) is 1. The van der Waals surface area contributed by atoms with Gasteiger partial charge in [-0.05, 0) is 55.0 Å². The lowest BCUT2D eigenvalue weighted by atomic mass is 10.1. The second-order valence-corrected chi connectivity index (χ2v) is 6.07. The molecule has 0 aliphatic heterocycles. The normalized spacial score (nSPS) is 10.2. The molecule has 2 amide bonds. The standard InChI is InChI=1S/C22H21N3O3/c1-2-28-20-8-6-16(7-9-20)14-21(26)24-19-5-3-4-17(15-19)22(27)25-18-10-12-23-13-11-18/h3-13,15H,2,14H2,1H3,(H,24,26)(H,23,25,27). The Labute approximate surface area is 163 Å². The molecule has 0 saturated heterocycles. The van der Waals surface area contributed by atoms with Crippen LogP contribution in [0.4, 0.5) is 11.4 Å². The van der Waals surface area contributed by atoms with Gasteiger partial charge in [0.05, 0.1) is 13.0 Å². The first kappa shape index (κ1) is 19.1. The molecule has 0 fully saturated rings. The Balaban J connectivity index is 1.60. The second-order valence-electron chi connectivity index (χ2n) is 6.07. The molecule has 0 bridgehead atoms. The summed E-state index contributed by atoms with van der Waals surface area (Å²) in [6.45, 7) is 2.53. The van der Waals surface area contributed by atoms with Gasteiger partial charge in [-0.15, -0.1) is 0 Å². The smallest absolute Gasteiger partial charge is 0.255 e.